The third-order valence-corrected chi connectivity index (χ3v) is 12.4. The summed E-state index contributed by atoms with van der Waals surface area (Å²) in [5, 5.41) is 14.9. The maximum Gasteiger partial charge on any atom is 0.187 e. The number of hydrogen-bond donors (Lipinski definition) is 0. The Kier molecular flexibility index (Phi) is 9.12. The van der Waals surface area contributed by atoms with E-state index in [1.165, 1.54) is 10.8 Å². The van der Waals surface area contributed by atoms with Crippen molar-refractivity contribution in [1.82, 2.24) is 24.1 Å². The minimum atomic E-state index is 0.493. The van der Waals surface area contributed by atoms with Gasteiger partial charge in [0, 0.05) is 55.0 Å². The highest BCUT2D eigenvalue weighted by Crippen LogP contribution is 2.45. The molecule has 0 fully saturated rings. The van der Waals surface area contributed by atoms with Gasteiger partial charge in [-0.3, -0.25) is 0 Å². The van der Waals surface area contributed by atoms with Gasteiger partial charge in [-0.25, -0.2) is 19.8 Å². The molecular weight excluding hydrogens is 807 g/mol. The van der Waals surface area contributed by atoms with Crippen LogP contribution in [-0.2, 0) is 0 Å². The Morgan fingerprint density at radius 2 is 0.864 bits per heavy atom. The fourth-order valence-corrected chi connectivity index (χ4v) is 9.42. The van der Waals surface area contributed by atoms with E-state index in [1.54, 1.807) is 0 Å². The third kappa shape index (κ3) is 6.39. The lowest BCUT2D eigenvalue weighted by Gasteiger charge is -2.21. The van der Waals surface area contributed by atoms with Gasteiger partial charge in [-0.05, 0) is 77.9 Å². The van der Waals surface area contributed by atoms with E-state index in [0.717, 1.165) is 83.2 Å². The van der Waals surface area contributed by atoms with E-state index in [4.69, 9.17) is 21.5 Å². The second kappa shape index (κ2) is 15.7. The van der Waals surface area contributed by atoms with Crippen LogP contribution in [0.25, 0.3) is 116 Å². The van der Waals surface area contributed by atoms with Crippen molar-refractivity contribution < 1.29 is 0 Å². The number of hydrogen-bond acceptors (Lipinski definition) is 4. The number of nitriles is 1. The summed E-state index contributed by atoms with van der Waals surface area (Å²) in [6, 6.07) is 74.5. The van der Waals surface area contributed by atoms with Gasteiger partial charge in [-0.2, -0.15) is 5.26 Å². The molecule has 7 nitrogen and oxygen atoms in total. The van der Waals surface area contributed by atoms with Gasteiger partial charge in [0.2, 0.25) is 0 Å². The predicted octanol–water partition coefficient (Wildman–Crippen LogP) is 14.8. The molecule has 0 N–H and O–H groups in total. The molecule has 0 bridgehead atoms. The standard InChI is InChI=1S/C59H35N7/c1-61-44-23-15-22-42(33-44)50-35-43(59-63-57(39-17-4-2-5-18-39)62-58(64-59)40-19-6-3-7-20-40)34-49(41-21-14-16-38(32-41)37-60)56(50)66-54-29-13-10-26-48(54)51-36-45(30-31-55(51)66)65-52-27-11-8-24-46(52)47-25-9-12-28-53(47)65/h2-36H. The fourth-order valence-electron chi connectivity index (χ4n) is 9.42. The maximum atomic E-state index is 10.3. The van der Waals surface area contributed by atoms with Gasteiger partial charge >= 0.3 is 0 Å². The van der Waals surface area contributed by atoms with Crippen LogP contribution in [0.4, 0.5) is 5.69 Å². The van der Waals surface area contributed by atoms with E-state index >= 15 is 0 Å². The van der Waals surface area contributed by atoms with Crippen molar-refractivity contribution in [3.05, 3.63) is 229 Å². The van der Waals surface area contributed by atoms with Crippen molar-refractivity contribution in [1.29, 1.82) is 5.26 Å². The van der Waals surface area contributed by atoms with E-state index < -0.39 is 0 Å². The summed E-state index contributed by atoms with van der Waals surface area (Å²) in [5.41, 5.74) is 13.2. The summed E-state index contributed by atoms with van der Waals surface area (Å²) in [5.74, 6) is 1.59. The normalized spacial score (nSPS) is 11.3. The molecule has 0 spiro atoms. The van der Waals surface area contributed by atoms with E-state index in [-0.39, 0.29) is 0 Å². The minimum absolute atomic E-state index is 0.493. The third-order valence-electron chi connectivity index (χ3n) is 12.4. The zero-order chi connectivity index (χ0) is 44.1. The van der Waals surface area contributed by atoms with Gasteiger partial charge in [0.1, 0.15) is 0 Å². The molecule has 306 valence electrons. The first kappa shape index (κ1) is 38.3. The molecule has 9 aromatic carbocycles. The van der Waals surface area contributed by atoms with Crippen molar-refractivity contribution >= 4 is 49.3 Å². The van der Waals surface area contributed by atoms with Gasteiger partial charge in [-0.1, -0.05) is 146 Å². The topological polar surface area (TPSA) is 76.7 Å². The fraction of sp³-hybridized carbons (Fsp3) is 0. The quantitative estimate of drug-likeness (QED) is 0.150. The molecule has 66 heavy (non-hydrogen) atoms. The molecule has 0 saturated carbocycles. The molecule has 12 rings (SSSR count). The van der Waals surface area contributed by atoms with E-state index in [1.807, 2.05) is 97.1 Å². The van der Waals surface area contributed by atoms with Crippen molar-refractivity contribution in [2.45, 2.75) is 0 Å². The lowest BCUT2D eigenvalue weighted by Crippen LogP contribution is -2.04. The Hall–Kier alpha value is -9.43. The van der Waals surface area contributed by atoms with Crippen LogP contribution < -0.4 is 0 Å². The highest BCUT2D eigenvalue weighted by molar-refractivity contribution is 6.13. The largest absolute Gasteiger partial charge is 0.309 e. The van der Waals surface area contributed by atoms with Crippen LogP contribution in [0, 0.1) is 17.9 Å². The van der Waals surface area contributed by atoms with Crippen LogP contribution in [-0.4, -0.2) is 24.1 Å². The molecule has 0 saturated heterocycles. The molecule has 0 aliphatic heterocycles. The maximum absolute atomic E-state index is 10.3. The summed E-state index contributed by atoms with van der Waals surface area (Å²) in [6.45, 7) is 8.06. The lowest BCUT2D eigenvalue weighted by molar-refractivity contribution is 1.07. The molecule has 0 amide bonds. The van der Waals surface area contributed by atoms with Crippen LogP contribution in [0.3, 0.4) is 0 Å². The summed E-state index contributed by atoms with van der Waals surface area (Å²) in [7, 11) is 0. The average molecular weight is 842 g/mol. The Bertz CT molecular complexity index is 3770. The van der Waals surface area contributed by atoms with E-state index in [9.17, 15) is 5.26 Å². The van der Waals surface area contributed by atoms with Crippen molar-refractivity contribution in [2.75, 3.05) is 0 Å². The molecular formula is C59H35N7. The number of fused-ring (bicyclic) bond motifs is 6. The van der Waals surface area contributed by atoms with Crippen LogP contribution >= 0.6 is 0 Å². The Labute approximate surface area is 380 Å². The van der Waals surface area contributed by atoms with E-state index in [2.05, 4.69) is 135 Å². The zero-order valence-corrected chi connectivity index (χ0v) is 35.3. The first-order chi connectivity index (χ1) is 32.6. The minimum Gasteiger partial charge on any atom is -0.309 e. The molecule has 0 aliphatic carbocycles. The second-order valence-electron chi connectivity index (χ2n) is 16.2. The zero-order valence-electron chi connectivity index (χ0n) is 35.3. The van der Waals surface area contributed by atoms with Crippen molar-refractivity contribution in [2.24, 2.45) is 0 Å². The second-order valence-corrected chi connectivity index (χ2v) is 16.2. The van der Waals surface area contributed by atoms with Gasteiger partial charge < -0.3 is 9.13 Å². The van der Waals surface area contributed by atoms with Crippen molar-refractivity contribution in [3.8, 4) is 73.9 Å². The molecule has 3 heterocycles. The van der Waals surface area contributed by atoms with Gasteiger partial charge in [0.15, 0.2) is 23.2 Å². The van der Waals surface area contributed by atoms with Crippen LogP contribution in [0.5, 0.6) is 0 Å². The van der Waals surface area contributed by atoms with Gasteiger partial charge in [0.05, 0.1) is 46.0 Å². The summed E-state index contributed by atoms with van der Waals surface area (Å²) in [6.07, 6.45) is 0. The van der Waals surface area contributed by atoms with Crippen LogP contribution in [0.1, 0.15) is 5.56 Å². The smallest absolute Gasteiger partial charge is 0.187 e. The molecule has 12 aromatic rings. The molecule has 7 heteroatoms. The number of aromatic nitrogens is 5. The molecule has 0 unspecified atom stereocenters. The number of para-hydroxylation sites is 3. The number of benzene rings is 9. The Balaban J connectivity index is 1.19. The molecule has 0 atom stereocenters. The number of rotatable bonds is 7. The first-order valence-electron chi connectivity index (χ1n) is 21.7. The van der Waals surface area contributed by atoms with Crippen LogP contribution in [0.15, 0.2) is 212 Å². The Morgan fingerprint density at radius 1 is 0.394 bits per heavy atom. The lowest BCUT2D eigenvalue weighted by atomic mass is 9.91. The number of nitrogens with zero attached hydrogens (tertiary/aromatic N) is 7. The van der Waals surface area contributed by atoms with Gasteiger partial charge in [-0.15, -0.1) is 0 Å². The molecule has 0 radical (unpaired) electrons. The summed E-state index contributed by atoms with van der Waals surface area (Å²) >= 11 is 0. The Morgan fingerprint density at radius 3 is 1.44 bits per heavy atom. The predicted molar refractivity (Wildman–Crippen MR) is 267 cm³/mol. The van der Waals surface area contributed by atoms with Gasteiger partial charge in [0.25, 0.3) is 0 Å². The summed E-state index contributed by atoms with van der Waals surface area (Å²) < 4.78 is 4.70. The first-order valence-corrected chi connectivity index (χ1v) is 21.7. The van der Waals surface area contributed by atoms with Crippen LogP contribution in [0.2, 0.25) is 0 Å². The SMILES string of the molecule is [C-]#[N+]c1cccc(-c2cc(-c3nc(-c4ccccc4)nc(-c4ccccc4)n3)cc(-c3cccc(C#N)c3)c2-n2c3ccccc3c3cc(-n4c5ccccc5c5ccccc54)ccc32)c1. The highest BCUT2D eigenvalue weighted by atomic mass is 15.0. The molecule has 3 aromatic heterocycles. The molecule has 0 aliphatic rings. The van der Waals surface area contributed by atoms with Crippen molar-refractivity contribution in [3.63, 3.8) is 0 Å². The van der Waals surface area contributed by atoms with E-state index in [0.29, 0.717) is 28.7 Å². The summed E-state index contributed by atoms with van der Waals surface area (Å²) in [4.78, 5) is 19.2. The average Bonchev–Trinajstić information content (AvgIpc) is 3.91. The monoisotopic (exact) mass is 841 g/mol. The highest BCUT2D eigenvalue weighted by Gasteiger charge is 2.24.